The molecule has 2 heterocycles. The van der Waals surface area contributed by atoms with Crippen LogP contribution >= 0.6 is 0 Å². The maximum atomic E-state index is 13.0. The number of piperidine rings is 1. The van der Waals surface area contributed by atoms with Gasteiger partial charge in [0.25, 0.3) is 0 Å². The van der Waals surface area contributed by atoms with Gasteiger partial charge in [-0.2, -0.15) is 0 Å². The Kier molecular flexibility index (Phi) is 3.83. The summed E-state index contributed by atoms with van der Waals surface area (Å²) in [5.74, 6) is -0.164. The summed E-state index contributed by atoms with van der Waals surface area (Å²) in [5, 5.41) is 3.43. The van der Waals surface area contributed by atoms with Crippen LogP contribution in [0.2, 0.25) is 0 Å². The largest absolute Gasteiger partial charge is 0.337 e. The molecular weight excluding hydrogens is 253 g/mol. The molecule has 2 aromatic rings. The maximum Gasteiger partial charge on any atom is 0.123 e. The van der Waals surface area contributed by atoms with E-state index in [0.717, 1.165) is 38.9 Å². The van der Waals surface area contributed by atoms with Crippen molar-refractivity contribution in [1.29, 1.82) is 0 Å². The number of nitrogens with zero attached hydrogens (tertiary/aromatic N) is 2. The van der Waals surface area contributed by atoms with Crippen molar-refractivity contribution in [2.24, 2.45) is 5.41 Å². The van der Waals surface area contributed by atoms with E-state index in [9.17, 15) is 4.39 Å². The Labute approximate surface area is 118 Å². The fourth-order valence-corrected chi connectivity index (χ4v) is 3.15. The predicted molar refractivity (Wildman–Crippen MR) is 76.9 cm³/mol. The molecular formula is C16H20FN3. The standard InChI is InChI=1S/C16H20FN3/c17-15-3-1-14(2-4-15)11-16(5-7-18-8-6-16)12-20-10-9-19-13-20/h1-4,9-10,13,18H,5-8,11-12H2. The number of rotatable bonds is 4. The van der Waals surface area contributed by atoms with Crippen molar-refractivity contribution in [3.05, 3.63) is 54.4 Å². The first kappa shape index (κ1) is 13.3. The molecule has 3 nitrogen and oxygen atoms in total. The molecule has 1 fully saturated rings. The van der Waals surface area contributed by atoms with Crippen molar-refractivity contribution in [3.63, 3.8) is 0 Å². The molecule has 1 N–H and O–H groups in total. The van der Waals surface area contributed by atoms with Crippen LogP contribution in [0.3, 0.4) is 0 Å². The molecule has 1 aliphatic heterocycles. The highest BCUT2D eigenvalue weighted by molar-refractivity contribution is 5.18. The highest BCUT2D eigenvalue weighted by Crippen LogP contribution is 2.34. The van der Waals surface area contributed by atoms with E-state index in [1.807, 2.05) is 30.9 Å². The predicted octanol–water partition coefficient (Wildman–Crippen LogP) is 2.63. The van der Waals surface area contributed by atoms with Crippen molar-refractivity contribution in [3.8, 4) is 0 Å². The quantitative estimate of drug-likeness (QED) is 0.928. The van der Waals surface area contributed by atoms with Crippen molar-refractivity contribution < 1.29 is 4.39 Å². The molecule has 0 saturated carbocycles. The molecule has 0 bridgehead atoms. The van der Waals surface area contributed by atoms with Crippen LogP contribution in [0.1, 0.15) is 18.4 Å². The van der Waals surface area contributed by atoms with Gasteiger partial charge in [-0.25, -0.2) is 9.37 Å². The van der Waals surface area contributed by atoms with E-state index in [1.54, 1.807) is 12.1 Å². The van der Waals surface area contributed by atoms with E-state index in [-0.39, 0.29) is 11.2 Å². The molecule has 0 spiro atoms. The van der Waals surface area contributed by atoms with Crippen LogP contribution < -0.4 is 5.32 Å². The second-order valence-electron chi connectivity index (χ2n) is 5.79. The molecule has 1 aromatic heterocycles. The van der Waals surface area contributed by atoms with E-state index < -0.39 is 0 Å². The lowest BCUT2D eigenvalue weighted by atomic mass is 9.74. The number of nitrogens with one attached hydrogen (secondary N) is 1. The topological polar surface area (TPSA) is 29.9 Å². The van der Waals surface area contributed by atoms with Gasteiger partial charge in [-0.1, -0.05) is 12.1 Å². The van der Waals surface area contributed by atoms with Gasteiger partial charge in [0.1, 0.15) is 5.82 Å². The van der Waals surface area contributed by atoms with E-state index in [1.165, 1.54) is 5.56 Å². The number of hydrogen-bond acceptors (Lipinski definition) is 2. The van der Waals surface area contributed by atoms with E-state index in [0.29, 0.717) is 0 Å². The van der Waals surface area contributed by atoms with Crippen LogP contribution in [0.25, 0.3) is 0 Å². The zero-order valence-corrected chi connectivity index (χ0v) is 11.6. The summed E-state index contributed by atoms with van der Waals surface area (Å²) in [6, 6.07) is 6.93. The Morgan fingerprint density at radius 2 is 1.95 bits per heavy atom. The Morgan fingerprint density at radius 3 is 2.60 bits per heavy atom. The summed E-state index contributed by atoms with van der Waals surface area (Å²) in [6.45, 7) is 3.08. The lowest BCUT2D eigenvalue weighted by molar-refractivity contribution is 0.167. The van der Waals surface area contributed by atoms with Gasteiger partial charge in [0.15, 0.2) is 0 Å². The fraction of sp³-hybridized carbons (Fsp3) is 0.438. The molecule has 0 radical (unpaired) electrons. The second kappa shape index (κ2) is 5.75. The number of hydrogen-bond donors (Lipinski definition) is 1. The van der Waals surface area contributed by atoms with Gasteiger partial charge in [0.05, 0.1) is 6.33 Å². The van der Waals surface area contributed by atoms with Gasteiger partial charge in [0, 0.05) is 18.9 Å². The van der Waals surface area contributed by atoms with Crippen LogP contribution in [0.15, 0.2) is 43.0 Å². The lowest BCUT2D eigenvalue weighted by Gasteiger charge is -2.38. The third-order valence-electron chi connectivity index (χ3n) is 4.23. The monoisotopic (exact) mass is 273 g/mol. The molecule has 0 atom stereocenters. The Hall–Kier alpha value is -1.68. The minimum atomic E-state index is -0.164. The molecule has 0 unspecified atom stereocenters. The average molecular weight is 273 g/mol. The Morgan fingerprint density at radius 1 is 1.20 bits per heavy atom. The average Bonchev–Trinajstić information content (AvgIpc) is 2.95. The summed E-state index contributed by atoms with van der Waals surface area (Å²) < 4.78 is 15.2. The summed E-state index contributed by atoms with van der Waals surface area (Å²) in [7, 11) is 0. The van der Waals surface area contributed by atoms with Crippen molar-refractivity contribution in [1.82, 2.24) is 14.9 Å². The summed E-state index contributed by atoms with van der Waals surface area (Å²) in [4.78, 5) is 4.14. The molecule has 3 rings (SSSR count). The first-order valence-electron chi connectivity index (χ1n) is 7.17. The van der Waals surface area contributed by atoms with Gasteiger partial charge in [-0.3, -0.25) is 0 Å². The highest BCUT2D eigenvalue weighted by atomic mass is 19.1. The van der Waals surface area contributed by atoms with Crippen molar-refractivity contribution >= 4 is 0 Å². The Balaban J connectivity index is 1.79. The molecule has 106 valence electrons. The van der Waals surface area contributed by atoms with Crippen LogP contribution in [-0.4, -0.2) is 22.6 Å². The number of benzene rings is 1. The first-order chi connectivity index (χ1) is 9.76. The van der Waals surface area contributed by atoms with Crippen LogP contribution in [-0.2, 0) is 13.0 Å². The van der Waals surface area contributed by atoms with Crippen molar-refractivity contribution in [2.75, 3.05) is 13.1 Å². The SMILES string of the molecule is Fc1ccc(CC2(Cn3ccnc3)CCNCC2)cc1. The molecule has 20 heavy (non-hydrogen) atoms. The van der Waals surface area contributed by atoms with E-state index >= 15 is 0 Å². The molecule has 0 aliphatic carbocycles. The van der Waals surface area contributed by atoms with Gasteiger partial charge >= 0.3 is 0 Å². The molecule has 1 aliphatic rings. The van der Waals surface area contributed by atoms with Gasteiger partial charge in [-0.05, 0) is 55.5 Å². The maximum absolute atomic E-state index is 13.0. The summed E-state index contributed by atoms with van der Waals surface area (Å²) in [6.07, 6.45) is 9.01. The Bertz CT molecular complexity index is 527. The van der Waals surface area contributed by atoms with Crippen molar-refractivity contribution in [2.45, 2.75) is 25.8 Å². The van der Waals surface area contributed by atoms with Crippen LogP contribution in [0.5, 0.6) is 0 Å². The smallest absolute Gasteiger partial charge is 0.123 e. The third kappa shape index (κ3) is 3.07. The highest BCUT2D eigenvalue weighted by Gasteiger charge is 2.32. The number of halogens is 1. The van der Waals surface area contributed by atoms with Crippen LogP contribution in [0, 0.1) is 11.2 Å². The van der Waals surface area contributed by atoms with Gasteiger partial charge < -0.3 is 9.88 Å². The normalized spacial score (nSPS) is 18.1. The molecule has 1 aromatic carbocycles. The minimum absolute atomic E-state index is 0.164. The number of imidazole rings is 1. The van der Waals surface area contributed by atoms with E-state index in [4.69, 9.17) is 0 Å². The summed E-state index contributed by atoms with van der Waals surface area (Å²) >= 11 is 0. The third-order valence-corrected chi connectivity index (χ3v) is 4.23. The second-order valence-corrected chi connectivity index (χ2v) is 5.79. The molecule has 0 amide bonds. The lowest BCUT2D eigenvalue weighted by Crippen LogP contribution is -2.40. The van der Waals surface area contributed by atoms with E-state index in [2.05, 4.69) is 14.9 Å². The fourth-order valence-electron chi connectivity index (χ4n) is 3.15. The van der Waals surface area contributed by atoms with Gasteiger partial charge in [-0.15, -0.1) is 0 Å². The molecule has 1 saturated heterocycles. The zero-order chi connectivity index (χ0) is 13.8. The van der Waals surface area contributed by atoms with Gasteiger partial charge in [0.2, 0.25) is 0 Å². The zero-order valence-electron chi connectivity index (χ0n) is 11.6. The first-order valence-corrected chi connectivity index (χ1v) is 7.17. The van der Waals surface area contributed by atoms with Crippen LogP contribution in [0.4, 0.5) is 4.39 Å². The summed E-state index contributed by atoms with van der Waals surface area (Å²) in [5.41, 5.74) is 1.46. The minimum Gasteiger partial charge on any atom is -0.337 e. The molecule has 4 heteroatoms. The number of aromatic nitrogens is 2.